The Morgan fingerprint density at radius 2 is 1.89 bits per heavy atom. The molecule has 1 aromatic carbocycles. The fourth-order valence-electron chi connectivity index (χ4n) is 2.18. The first kappa shape index (κ1) is 15.5. The lowest BCUT2D eigenvalue weighted by molar-refractivity contribution is 0.317. The fourth-order valence-corrected chi connectivity index (χ4v) is 2.39. The second-order valence-electron chi connectivity index (χ2n) is 6.32. The van der Waals surface area contributed by atoms with Crippen LogP contribution >= 0.6 is 11.6 Å². The van der Waals surface area contributed by atoms with Crippen LogP contribution in [0.4, 0.5) is 0 Å². The summed E-state index contributed by atoms with van der Waals surface area (Å²) in [6.07, 6.45) is 3.57. The van der Waals surface area contributed by atoms with Gasteiger partial charge in [-0.3, -0.25) is 0 Å². The topological polar surface area (TPSA) is 12.0 Å². The minimum atomic E-state index is 0.409. The van der Waals surface area contributed by atoms with E-state index < -0.39 is 0 Å². The second kappa shape index (κ2) is 7.16. The molecule has 0 radical (unpaired) electrons. The quantitative estimate of drug-likeness (QED) is 0.798. The van der Waals surface area contributed by atoms with Crippen LogP contribution in [0.2, 0.25) is 5.02 Å². The van der Waals surface area contributed by atoms with E-state index in [0.29, 0.717) is 11.3 Å². The van der Waals surface area contributed by atoms with Crippen molar-refractivity contribution in [3.05, 3.63) is 34.9 Å². The summed E-state index contributed by atoms with van der Waals surface area (Å²) >= 11 is 6.24. The van der Waals surface area contributed by atoms with Gasteiger partial charge in [0, 0.05) is 5.02 Å². The summed E-state index contributed by atoms with van der Waals surface area (Å²) in [6.45, 7) is 7.97. The fraction of sp³-hybridized carbons (Fsp3) is 0.625. The molecule has 0 saturated heterocycles. The summed E-state index contributed by atoms with van der Waals surface area (Å²) in [5, 5.41) is 4.20. The van der Waals surface area contributed by atoms with Gasteiger partial charge in [0.1, 0.15) is 0 Å². The van der Waals surface area contributed by atoms with Crippen molar-refractivity contribution in [2.75, 3.05) is 13.6 Å². The van der Waals surface area contributed by atoms with E-state index in [1.165, 1.54) is 18.4 Å². The van der Waals surface area contributed by atoms with Crippen molar-refractivity contribution in [3.8, 4) is 0 Å². The van der Waals surface area contributed by atoms with Crippen molar-refractivity contribution in [3.63, 3.8) is 0 Å². The second-order valence-corrected chi connectivity index (χ2v) is 6.73. The molecule has 0 aliphatic heterocycles. The Morgan fingerprint density at radius 3 is 2.44 bits per heavy atom. The molecule has 0 heterocycles. The molecule has 0 fully saturated rings. The van der Waals surface area contributed by atoms with E-state index in [4.69, 9.17) is 11.6 Å². The van der Waals surface area contributed by atoms with Crippen molar-refractivity contribution in [2.24, 2.45) is 11.3 Å². The molecule has 0 aliphatic carbocycles. The van der Waals surface area contributed by atoms with Crippen molar-refractivity contribution >= 4 is 11.6 Å². The molecule has 2 heteroatoms. The Hall–Kier alpha value is -0.530. The molecule has 1 rings (SSSR count). The smallest absolute Gasteiger partial charge is 0.0438 e. The number of hydrogen-bond donors (Lipinski definition) is 1. The van der Waals surface area contributed by atoms with E-state index >= 15 is 0 Å². The van der Waals surface area contributed by atoms with Gasteiger partial charge in [-0.2, -0.15) is 0 Å². The monoisotopic (exact) mass is 267 g/mol. The molecule has 0 aliphatic rings. The highest BCUT2D eigenvalue weighted by molar-refractivity contribution is 6.31. The third-order valence-corrected chi connectivity index (χ3v) is 3.63. The van der Waals surface area contributed by atoms with E-state index in [-0.39, 0.29) is 0 Å². The molecule has 0 amide bonds. The van der Waals surface area contributed by atoms with Gasteiger partial charge in [0.15, 0.2) is 0 Å². The van der Waals surface area contributed by atoms with Gasteiger partial charge < -0.3 is 5.32 Å². The number of halogens is 1. The summed E-state index contributed by atoms with van der Waals surface area (Å²) in [5.74, 6) is 0.661. The van der Waals surface area contributed by atoms with E-state index in [1.807, 2.05) is 19.2 Å². The SMILES string of the molecule is CNCC(CCC(C)(C)C)Cc1ccccc1Cl. The predicted octanol–water partition coefficient (Wildman–Crippen LogP) is 4.54. The normalized spacial score (nSPS) is 13.6. The van der Waals surface area contributed by atoms with Crippen LogP contribution in [0.3, 0.4) is 0 Å². The molecule has 1 unspecified atom stereocenters. The summed E-state index contributed by atoms with van der Waals surface area (Å²) in [7, 11) is 2.02. The van der Waals surface area contributed by atoms with Gasteiger partial charge in [-0.1, -0.05) is 50.6 Å². The molecule has 0 saturated carbocycles. The maximum atomic E-state index is 6.24. The van der Waals surface area contributed by atoms with Crippen LogP contribution in [0.1, 0.15) is 39.2 Å². The van der Waals surface area contributed by atoms with Gasteiger partial charge in [-0.05, 0) is 55.8 Å². The summed E-state index contributed by atoms with van der Waals surface area (Å²) in [6, 6.07) is 8.19. The Kier molecular flexibility index (Phi) is 6.17. The van der Waals surface area contributed by atoms with Crippen LogP contribution in [0.5, 0.6) is 0 Å². The molecule has 1 aromatic rings. The lowest BCUT2D eigenvalue weighted by atomic mass is 9.84. The van der Waals surface area contributed by atoms with Gasteiger partial charge in [-0.25, -0.2) is 0 Å². The number of hydrogen-bond acceptors (Lipinski definition) is 1. The van der Waals surface area contributed by atoms with E-state index in [1.54, 1.807) is 0 Å². The lowest BCUT2D eigenvalue weighted by Crippen LogP contribution is -2.22. The summed E-state index contributed by atoms with van der Waals surface area (Å²) in [5.41, 5.74) is 1.68. The van der Waals surface area contributed by atoms with E-state index in [2.05, 4.69) is 38.2 Å². The van der Waals surface area contributed by atoms with E-state index in [0.717, 1.165) is 18.0 Å². The van der Waals surface area contributed by atoms with Gasteiger partial charge in [0.25, 0.3) is 0 Å². The third-order valence-electron chi connectivity index (χ3n) is 3.26. The number of rotatable bonds is 6. The highest BCUT2D eigenvalue weighted by Gasteiger charge is 2.16. The maximum Gasteiger partial charge on any atom is 0.0438 e. The van der Waals surface area contributed by atoms with Crippen molar-refractivity contribution in [2.45, 2.75) is 40.0 Å². The first-order valence-electron chi connectivity index (χ1n) is 6.80. The molecule has 0 spiro atoms. The molecule has 18 heavy (non-hydrogen) atoms. The highest BCUT2D eigenvalue weighted by atomic mass is 35.5. The van der Waals surface area contributed by atoms with Crippen LogP contribution < -0.4 is 5.32 Å². The molecule has 1 N–H and O–H groups in total. The third kappa shape index (κ3) is 5.88. The van der Waals surface area contributed by atoms with Crippen molar-refractivity contribution in [1.82, 2.24) is 5.32 Å². The molecule has 1 nitrogen and oxygen atoms in total. The average Bonchev–Trinajstić information content (AvgIpc) is 2.28. The summed E-state index contributed by atoms with van der Waals surface area (Å²) in [4.78, 5) is 0. The van der Waals surface area contributed by atoms with Crippen LogP contribution in [0.15, 0.2) is 24.3 Å². The van der Waals surface area contributed by atoms with Crippen LogP contribution in [0, 0.1) is 11.3 Å². The molecular weight excluding hydrogens is 242 g/mol. The number of nitrogens with one attached hydrogen (secondary N) is 1. The van der Waals surface area contributed by atoms with Crippen LogP contribution in [-0.2, 0) is 6.42 Å². The zero-order valence-electron chi connectivity index (χ0n) is 12.1. The van der Waals surface area contributed by atoms with Crippen LogP contribution in [-0.4, -0.2) is 13.6 Å². The zero-order chi connectivity index (χ0) is 13.6. The van der Waals surface area contributed by atoms with Crippen molar-refractivity contribution < 1.29 is 0 Å². The zero-order valence-corrected chi connectivity index (χ0v) is 12.8. The first-order valence-corrected chi connectivity index (χ1v) is 7.18. The minimum absolute atomic E-state index is 0.409. The molecular formula is C16H26ClN. The Balaban J connectivity index is 2.60. The Bertz CT molecular complexity index is 354. The Labute approximate surface area is 117 Å². The van der Waals surface area contributed by atoms with Gasteiger partial charge in [0.05, 0.1) is 0 Å². The van der Waals surface area contributed by atoms with Crippen molar-refractivity contribution in [1.29, 1.82) is 0 Å². The Morgan fingerprint density at radius 1 is 1.22 bits per heavy atom. The lowest BCUT2D eigenvalue weighted by Gasteiger charge is -2.23. The standard InChI is InChI=1S/C16H26ClN/c1-16(2,3)10-9-13(12-18-4)11-14-7-5-6-8-15(14)17/h5-8,13,18H,9-12H2,1-4H3. The van der Waals surface area contributed by atoms with Gasteiger partial charge in [0.2, 0.25) is 0 Å². The molecule has 1 atom stereocenters. The average molecular weight is 268 g/mol. The molecule has 0 bridgehead atoms. The minimum Gasteiger partial charge on any atom is -0.319 e. The largest absolute Gasteiger partial charge is 0.319 e. The number of benzene rings is 1. The van der Waals surface area contributed by atoms with Gasteiger partial charge >= 0.3 is 0 Å². The highest BCUT2D eigenvalue weighted by Crippen LogP contribution is 2.26. The molecule has 0 aromatic heterocycles. The van der Waals surface area contributed by atoms with E-state index in [9.17, 15) is 0 Å². The van der Waals surface area contributed by atoms with Gasteiger partial charge in [-0.15, -0.1) is 0 Å². The molecule has 102 valence electrons. The predicted molar refractivity (Wildman–Crippen MR) is 81.3 cm³/mol. The van der Waals surface area contributed by atoms with Crippen LogP contribution in [0.25, 0.3) is 0 Å². The first-order chi connectivity index (χ1) is 8.42. The summed E-state index contributed by atoms with van der Waals surface area (Å²) < 4.78 is 0. The maximum absolute atomic E-state index is 6.24.